The summed E-state index contributed by atoms with van der Waals surface area (Å²) in [6.45, 7) is 6.26. The van der Waals surface area contributed by atoms with E-state index in [2.05, 4.69) is 39.0 Å². The molecule has 112 valence electrons. The number of nitrogens with two attached hydrogens (primary N) is 1. The number of thiophene rings is 1. The number of anilines is 1. The van der Waals surface area contributed by atoms with Crippen molar-refractivity contribution in [3.05, 3.63) is 39.8 Å². The van der Waals surface area contributed by atoms with Crippen LogP contribution in [0.3, 0.4) is 0 Å². The van der Waals surface area contributed by atoms with Gasteiger partial charge in [-0.3, -0.25) is 4.79 Å². The first-order chi connectivity index (χ1) is 9.86. The van der Waals surface area contributed by atoms with Gasteiger partial charge in [0, 0.05) is 24.5 Å². The van der Waals surface area contributed by atoms with Crippen molar-refractivity contribution in [1.82, 2.24) is 4.90 Å². The lowest BCUT2D eigenvalue weighted by atomic mass is 9.94. The molecule has 0 spiro atoms. The van der Waals surface area contributed by atoms with Crippen LogP contribution in [0, 0.1) is 13.8 Å². The maximum absolute atomic E-state index is 12.5. The second kappa shape index (κ2) is 5.90. The minimum Gasteiger partial charge on any atom is -0.390 e. The minimum atomic E-state index is -0.0292. The first-order valence-corrected chi connectivity index (χ1v) is 7.88. The summed E-state index contributed by atoms with van der Waals surface area (Å²) in [5.74, 6) is -0.0292. The molecular weight excluding hydrogens is 280 g/mol. The van der Waals surface area contributed by atoms with Gasteiger partial charge < -0.3 is 10.6 Å². The topological polar surface area (TPSA) is 46.3 Å². The molecule has 1 heterocycles. The van der Waals surface area contributed by atoms with E-state index in [1.54, 1.807) is 19.0 Å². The van der Waals surface area contributed by atoms with Gasteiger partial charge in [-0.2, -0.15) is 0 Å². The fraction of sp³-hybridized carbons (Fsp3) is 0.353. The molecular formula is C17H22N2OS. The molecule has 2 rings (SSSR count). The Morgan fingerprint density at radius 3 is 2.48 bits per heavy atom. The maximum atomic E-state index is 12.5. The van der Waals surface area contributed by atoms with E-state index in [1.165, 1.54) is 27.3 Å². The predicted octanol–water partition coefficient (Wildman–Crippen LogP) is 3.88. The number of nitrogens with zero attached hydrogens (tertiary/aromatic N) is 1. The number of carbonyl (C=O) groups excluding carboxylic acids is 1. The summed E-state index contributed by atoms with van der Waals surface area (Å²) in [6, 6.07) is 6.32. The van der Waals surface area contributed by atoms with Crippen LogP contribution in [0.15, 0.2) is 18.2 Å². The summed E-state index contributed by atoms with van der Waals surface area (Å²) >= 11 is 1.52. The molecule has 1 amide bonds. The van der Waals surface area contributed by atoms with Gasteiger partial charge in [0.05, 0.1) is 10.6 Å². The summed E-state index contributed by atoms with van der Waals surface area (Å²) in [5.41, 5.74) is 11.3. The van der Waals surface area contributed by atoms with Crippen LogP contribution < -0.4 is 5.73 Å². The quantitative estimate of drug-likeness (QED) is 0.935. The molecule has 0 aliphatic carbocycles. The summed E-state index contributed by atoms with van der Waals surface area (Å²) in [4.78, 5) is 15.3. The molecule has 3 nitrogen and oxygen atoms in total. The van der Waals surface area contributed by atoms with Crippen LogP contribution in [0.25, 0.3) is 11.1 Å². The number of hydrogen-bond acceptors (Lipinski definition) is 3. The lowest BCUT2D eigenvalue weighted by Crippen LogP contribution is -2.22. The van der Waals surface area contributed by atoms with Crippen molar-refractivity contribution >= 4 is 22.2 Å². The summed E-state index contributed by atoms with van der Waals surface area (Å²) in [5, 5.41) is 0.612. The molecule has 0 aliphatic rings. The Bertz CT molecular complexity index is 686. The Labute approximate surface area is 130 Å². The van der Waals surface area contributed by atoms with Crippen LogP contribution in [-0.4, -0.2) is 24.9 Å². The summed E-state index contributed by atoms with van der Waals surface area (Å²) < 4.78 is 0. The van der Waals surface area contributed by atoms with Gasteiger partial charge in [0.25, 0.3) is 5.91 Å². The molecule has 0 fully saturated rings. The molecule has 0 radical (unpaired) electrons. The Morgan fingerprint density at radius 1 is 1.29 bits per heavy atom. The molecule has 1 aromatic heterocycles. The molecule has 0 saturated carbocycles. The maximum Gasteiger partial charge on any atom is 0.256 e. The first-order valence-electron chi connectivity index (χ1n) is 7.07. The Balaban J connectivity index is 2.74. The Hall–Kier alpha value is -1.81. The van der Waals surface area contributed by atoms with Gasteiger partial charge in [0.2, 0.25) is 0 Å². The molecule has 21 heavy (non-hydrogen) atoms. The SMILES string of the molecule is CCc1sc(N)c(C(=O)N(C)C)c1-c1ccc(C)cc1C. The highest BCUT2D eigenvalue weighted by molar-refractivity contribution is 7.17. The molecule has 0 atom stereocenters. The number of hydrogen-bond donors (Lipinski definition) is 1. The number of benzene rings is 1. The third kappa shape index (κ3) is 2.81. The molecule has 4 heteroatoms. The third-order valence-corrected chi connectivity index (χ3v) is 4.76. The lowest BCUT2D eigenvalue weighted by molar-refractivity contribution is 0.0829. The van der Waals surface area contributed by atoms with Crippen molar-refractivity contribution in [2.24, 2.45) is 0 Å². The first kappa shape index (κ1) is 15.6. The number of carbonyl (C=O) groups is 1. The van der Waals surface area contributed by atoms with Gasteiger partial charge in [-0.25, -0.2) is 0 Å². The number of aryl methyl sites for hydroxylation is 3. The molecule has 2 aromatic rings. The lowest BCUT2D eigenvalue weighted by Gasteiger charge is -2.14. The van der Waals surface area contributed by atoms with Gasteiger partial charge in [-0.1, -0.05) is 30.7 Å². The summed E-state index contributed by atoms with van der Waals surface area (Å²) in [6.07, 6.45) is 0.873. The van der Waals surface area contributed by atoms with Crippen molar-refractivity contribution in [3.8, 4) is 11.1 Å². The van der Waals surface area contributed by atoms with Crippen molar-refractivity contribution in [2.75, 3.05) is 19.8 Å². The van der Waals surface area contributed by atoms with Gasteiger partial charge in [0.1, 0.15) is 0 Å². The average molecular weight is 302 g/mol. The van der Waals surface area contributed by atoms with E-state index in [4.69, 9.17) is 5.73 Å². The fourth-order valence-corrected chi connectivity index (χ4v) is 3.58. The fourth-order valence-electron chi connectivity index (χ4n) is 2.56. The average Bonchev–Trinajstić information content (AvgIpc) is 2.74. The third-order valence-electron chi connectivity index (χ3n) is 3.60. The second-order valence-corrected chi connectivity index (χ2v) is 6.65. The second-order valence-electron chi connectivity index (χ2n) is 5.51. The monoisotopic (exact) mass is 302 g/mol. The van der Waals surface area contributed by atoms with Crippen LogP contribution in [-0.2, 0) is 6.42 Å². The van der Waals surface area contributed by atoms with E-state index < -0.39 is 0 Å². The van der Waals surface area contributed by atoms with Crippen LogP contribution in [0.1, 0.15) is 33.3 Å². The smallest absolute Gasteiger partial charge is 0.256 e. The highest BCUT2D eigenvalue weighted by atomic mass is 32.1. The van der Waals surface area contributed by atoms with Crippen LogP contribution >= 0.6 is 11.3 Å². The summed E-state index contributed by atoms with van der Waals surface area (Å²) in [7, 11) is 3.52. The molecule has 0 unspecified atom stereocenters. The van der Waals surface area contributed by atoms with E-state index in [9.17, 15) is 4.79 Å². The Morgan fingerprint density at radius 2 is 1.95 bits per heavy atom. The van der Waals surface area contributed by atoms with E-state index >= 15 is 0 Å². The van der Waals surface area contributed by atoms with Gasteiger partial charge in [-0.15, -0.1) is 11.3 Å². The highest BCUT2D eigenvalue weighted by Crippen LogP contribution is 2.40. The van der Waals surface area contributed by atoms with Crippen LogP contribution in [0.4, 0.5) is 5.00 Å². The normalized spacial score (nSPS) is 10.7. The van der Waals surface area contributed by atoms with Crippen LogP contribution in [0.5, 0.6) is 0 Å². The zero-order chi connectivity index (χ0) is 15.7. The molecule has 0 saturated heterocycles. The number of nitrogen functional groups attached to an aromatic ring is 1. The molecule has 2 N–H and O–H groups in total. The molecule has 0 aliphatic heterocycles. The molecule has 1 aromatic carbocycles. The largest absolute Gasteiger partial charge is 0.390 e. The zero-order valence-corrected chi connectivity index (χ0v) is 14.1. The molecule has 0 bridgehead atoms. The number of amides is 1. The standard InChI is InChI=1S/C17H22N2OS/c1-6-13-14(12-8-7-10(2)9-11(12)3)15(16(18)21-13)17(20)19(4)5/h7-9H,6,18H2,1-5H3. The van der Waals surface area contributed by atoms with Crippen LogP contribution in [0.2, 0.25) is 0 Å². The predicted molar refractivity (Wildman–Crippen MR) is 91.0 cm³/mol. The van der Waals surface area contributed by atoms with E-state index in [0.717, 1.165) is 17.5 Å². The van der Waals surface area contributed by atoms with Crippen molar-refractivity contribution in [2.45, 2.75) is 27.2 Å². The van der Waals surface area contributed by atoms with Crippen molar-refractivity contribution in [1.29, 1.82) is 0 Å². The van der Waals surface area contributed by atoms with E-state index in [0.29, 0.717) is 10.6 Å². The minimum absolute atomic E-state index is 0.0292. The van der Waals surface area contributed by atoms with Crippen molar-refractivity contribution < 1.29 is 4.79 Å². The van der Waals surface area contributed by atoms with E-state index in [-0.39, 0.29) is 5.91 Å². The van der Waals surface area contributed by atoms with Crippen molar-refractivity contribution in [3.63, 3.8) is 0 Å². The number of rotatable bonds is 3. The highest BCUT2D eigenvalue weighted by Gasteiger charge is 2.24. The van der Waals surface area contributed by atoms with Gasteiger partial charge in [0.15, 0.2) is 0 Å². The zero-order valence-electron chi connectivity index (χ0n) is 13.3. The van der Waals surface area contributed by atoms with E-state index in [1.807, 2.05) is 0 Å². The Kier molecular flexibility index (Phi) is 4.37. The van der Waals surface area contributed by atoms with Gasteiger partial charge >= 0.3 is 0 Å². The van der Waals surface area contributed by atoms with Gasteiger partial charge in [-0.05, 0) is 31.4 Å².